The summed E-state index contributed by atoms with van der Waals surface area (Å²) < 4.78 is 0. The van der Waals surface area contributed by atoms with Gasteiger partial charge in [0.2, 0.25) is 0 Å². The molecule has 0 bridgehead atoms. The van der Waals surface area contributed by atoms with Gasteiger partial charge in [0.15, 0.2) is 0 Å². The van der Waals surface area contributed by atoms with E-state index < -0.39 is 10.9 Å². The van der Waals surface area contributed by atoms with Crippen LogP contribution in [0.3, 0.4) is 0 Å². The average Bonchev–Trinajstić information content (AvgIpc) is 2.39. The van der Waals surface area contributed by atoms with Gasteiger partial charge in [0.1, 0.15) is 12.0 Å². The molecule has 0 unspecified atom stereocenters. The Bertz CT molecular complexity index is 668. The van der Waals surface area contributed by atoms with E-state index in [1.165, 1.54) is 18.2 Å². The Hall–Kier alpha value is -2.96. The molecule has 20 heavy (non-hydrogen) atoms. The van der Waals surface area contributed by atoms with Gasteiger partial charge in [-0.05, 0) is 36.8 Å². The Labute approximate surface area is 114 Å². The molecule has 102 valence electrons. The van der Waals surface area contributed by atoms with E-state index in [1.54, 1.807) is 19.1 Å². The molecular formula is C13H11N3O4. The van der Waals surface area contributed by atoms with Crippen molar-refractivity contribution in [2.75, 3.05) is 5.32 Å². The summed E-state index contributed by atoms with van der Waals surface area (Å²) in [6.45, 7) is 1.69. The number of anilines is 2. The molecule has 2 N–H and O–H groups in total. The molecule has 0 saturated heterocycles. The van der Waals surface area contributed by atoms with Gasteiger partial charge in [-0.1, -0.05) is 0 Å². The molecule has 2 rings (SSSR count). The minimum absolute atomic E-state index is 0.0899. The number of pyridine rings is 1. The number of carbonyl (C=O) groups is 1. The van der Waals surface area contributed by atoms with Crippen molar-refractivity contribution in [3.63, 3.8) is 0 Å². The summed E-state index contributed by atoms with van der Waals surface area (Å²) in [4.78, 5) is 24.8. The summed E-state index contributed by atoms with van der Waals surface area (Å²) in [6.07, 6.45) is 1.15. The molecule has 1 aromatic heterocycles. The summed E-state index contributed by atoms with van der Waals surface area (Å²) in [5.41, 5.74) is 1.42. The van der Waals surface area contributed by atoms with Crippen molar-refractivity contribution < 1.29 is 14.8 Å². The molecule has 0 saturated carbocycles. The van der Waals surface area contributed by atoms with Crippen molar-refractivity contribution in [1.82, 2.24) is 4.98 Å². The lowest BCUT2D eigenvalue weighted by atomic mass is 10.1. The molecule has 0 fully saturated rings. The summed E-state index contributed by atoms with van der Waals surface area (Å²) in [7, 11) is 0. The van der Waals surface area contributed by atoms with E-state index in [9.17, 15) is 14.9 Å². The van der Waals surface area contributed by atoms with E-state index in [0.717, 1.165) is 6.20 Å². The molecule has 2 aromatic rings. The number of rotatable bonds is 4. The zero-order valence-electron chi connectivity index (χ0n) is 10.5. The largest absolute Gasteiger partial charge is 0.478 e. The highest BCUT2D eigenvalue weighted by atomic mass is 16.6. The second kappa shape index (κ2) is 5.35. The van der Waals surface area contributed by atoms with Crippen LogP contribution in [0.15, 0.2) is 36.5 Å². The Balaban J connectivity index is 2.19. The second-order valence-corrected chi connectivity index (χ2v) is 4.12. The van der Waals surface area contributed by atoms with Crippen molar-refractivity contribution in [1.29, 1.82) is 0 Å². The topological polar surface area (TPSA) is 105 Å². The van der Waals surface area contributed by atoms with E-state index in [2.05, 4.69) is 10.3 Å². The zero-order valence-corrected chi connectivity index (χ0v) is 10.5. The molecule has 1 aromatic carbocycles. The first-order valence-corrected chi connectivity index (χ1v) is 5.69. The third-order valence-electron chi connectivity index (χ3n) is 2.69. The maximum Gasteiger partial charge on any atom is 0.335 e. The number of aryl methyl sites for hydroxylation is 1. The highest BCUT2D eigenvalue weighted by Crippen LogP contribution is 2.20. The molecule has 0 spiro atoms. The van der Waals surface area contributed by atoms with Crippen LogP contribution in [-0.2, 0) is 0 Å². The number of carboxylic acids is 1. The van der Waals surface area contributed by atoms with Crippen LogP contribution in [0.5, 0.6) is 0 Å². The molecule has 0 atom stereocenters. The number of hydrogen-bond donors (Lipinski definition) is 2. The maximum absolute atomic E-state index is 10.9. The Kier molecular flexibility index (Phi) is 3.60. The first-order valence-electron chi connectivity index (χ1n) is 5.69. The van der Waals surface area contributed by atoms with Crippen LogP contribution in [0.1, 0.15) is 15.9 Å². The van der Waals surface area contributed by atoms with Gasteiger partial charge in [-0.3, -0.25) is 10.1 Å². The zero-order chi connectivity index (χ0) is 14.7. The van der Waals surface area contributed by atoms with Gasteiger partial charge in [0, 0.05) is 11.8 Å². The quantitative estimate of drug-likeness (QED) is 0.655. The maximum atomic E-state index is 10.9. The van der Waals surface area contributed by atoms with E-state index in [0.29, 0.717) is 17.1 Å². The standard InChI is InChI=1S/C13H11N3O4/c1-8-6-9(2-4-11(8)13(17)18)15-12-5-3-10(7-14-12)16(19)20/h2-7H,1H3,(H,14,15)(H,17,18). The molecule has 0 aliphatic rings. The fourth-order valence-corrected chi connectivity index (χ4v) is 1.70. The number of nitrogens with one attached hydrogen (secondary N) is 1. The summed E-state index contributed by atoms with van der Waals surface area (Å²) >= 11 is 0. The summed E-state index contributed by atoms with van der Waals surface area (Å²) in [6, 6.07) is 7.60. The van der Waals surface area contributed by atoms with Gasteiger partial charge < -0.3 is 10.4 Å². The Morgan fingerprint density at radius 3 is 2.60 bits per heavy atom. The number of carboxylic acid groups (broad SMARTS) is 1. The summed E-state index contributed by atoms with van der Waals surface area (Å²) in [5.74, 6) is -0.541. The van der Waals surface area contributed by atoms with E-state index in [4.69, 9.17) is 5.11 Å². The van der Waals surface area contributed by atoms with Crippen LogP contribution >= 0.6 is 0 Å². The van der Waals surface area contributed by atoms with Crippen LogP contribution < -0.4 is 5.32 Å². The van der Waals surface area contributed by atoms with E-state index in [-0.39, 0.29) is 11.3 Å². The van der Waals surface area contributed by atoms with Crippen LogP contribution in [0, 0.1) is 17.0 Å². The van der Waals surface area contributed by atoms with E-state index >= 15 is 0 Å². The molecule has 0 aliphatic carbocycles. The fourth-order valence-electron chi connectivity index (χ4n) is 1.70. The van der Waals surface area contributed by atoms with Crippen molar-refractivity contribution in [2.45, 2.75) is 6.92 Å². The van der Waals surface area contributed by atoms with Gasteiger partial charge in [-0.15, -0.1) is 0 Å². The average molecular weight is 273 g/mol. The molecule has 7 heteroatoms. The van der Waals surface area contributed by atoms with Crippen molar-refractivity contribution in [3.8, 4) is 0 Å². The van der Waals surface area contributed by atoms with Crippen LogP contribution in [0.25, 0.3) is 0 Å². The highest BCUT2D eigenvalue weighted by Gasteiger charge is 2.08. The molecular weight excluding hydrogens is 262 g/mol. The third kappa shape index (κ3) is 2.89. The number of benzene rings is 1. The number of nitrogens with zero attached hydrogens (tertiary/aromatic N) is 2. The van der Waals surface area contributed by atoms with Crippen molar-refractivity contribution >= 4 is 23.2 Å². The molecule has 0 radical (unpaired) electrons. The SMILES string of the molecule is Cc1cc(Nc2ccc([N+](=O)[O-])cn2)ccc1C(=O)O. The fraction of sp³-hybridized carbons (Fsp3) is 0.0769. The molecule has 1 heterocycles. The highest BCUT2D eigenvalue weighted by molar-refractivity contribution is 5.90. The number of nitro groups is 1. The van der Waals surface area contributed by atoms with Crippen molar-refractivity contribution in [2.24, 2.45) is 0 Å². The lowest BCUT2D eigenvalue weighted by Crippen LogP contribution is -2.01. The number of aromatic carboxylic acids is 1. The third-order valence-corrected chi connectivity index (χ3v) is 2.69. The van der Waals surface area contributed by atoms with Crippen LogP contribution in [0.2, 0.25) is 0 Å². The molecule has 7 nitrogen and oxygen atoms in total. The first-order chi connectivity index (χ1) is 9.47. The summed E-state index contributed by atoms with van der Waals surface area (Å²) in [5, 5.41) is 22.4. The monoisotopic (exact) mass is 273 g/mol. The second-order valence-electron chi connectivity index (χ2n) is 4.12. The minimum Gasteiger partial charge on any atom is -0.478 e. The molecule has 0 aliphatic heterocycles. The normalized spacial score (nSPS) is 10.1. The van der Waals surface area contributed by atoms with Crippen LogP contribution in [-0.4, -0.2) is 21.0 Å². The Morgan fingerprint density at radius 2 is 2.10 bits per heavy atom. The number of hydrogen-bond acceptors (Lipinski definition) is 5. The van der Waals surface area contributed by atoms with Crippen LogP contribution in [0.4, 0.5) is 17.2 Å². The van der Waals surface area contributed by atoms with Gasteiger partial charge in [-0.25, -0.2) is 9.78 Å². The van der Waals surface area contributed by atoms with Gasteiger partial charge >= 0.3 is 5.97 Å². The van der Waals surface area contributed by atoms with Gasteiger partial charge in [0.05, 0.1) is 10.5 Å². The van der Waals surface area contributed by atoms with Gasteiger partial charge in [0.25, 0.3) is 5.69 Å². The minimum atomic E-state index is -0.984. The Morgan fingerprint density at radius 1 is 1.35 bits per heavy atom. The van der Waals surface area contributed by atoms with E-state index in [1.807, 2.05) is 0 Å². The number of aromatic nitrogens is 1. The predicted octanol–water partition coefficient (Wildman–Crippen LogP) is 2.74. The lowest BCUT2D eigenvalue weighted by molar-refractivity contribution is -0.385. The van der Waals surface area contributed by atoms with Crippen molar-refractivity contribution in [3.05, 3.63) is 57.8 Å². The lowest BCUT2D eigenvalue weighted by Gasteiger charge is -2.07. The predicted molar refractivity (Wildman–Crippen MR) is 72.3 cm³/mol. The van der Waals surface area contributed by atoms with Gasteiger partial charge in [-0.2, -0.15) is 0 Å². The molecule has 0 amide bonds. The first kappa shape index (κ1) is 13.5. The smallest absolute Gasteiger partial charge is 0.335 e.